The summed E-state index contributed by atoms with van der Waals surface area (Å²) in [6.45, 7) is 16.1. The maximum Gasteiger partial charge on any atom is 0.490 e. The zero-order valence-corrected chi connectivity index (χ0v) is 30.1. The van der Waals surface area contributed by atoms with E-state index in [1.165, 1.54) is 0 Å². The van der Waals surface area contributed by atoms with E-state index < -0.39 is 37.6 Å². The molecule has 1 fully saturated rings. The molecule has 1 N–H and O–H groups in total. The van der Waals surface area contributed by atoms with Gasteiger partial charge >= 0.3 is 12.1 Å². The van der Waals surface area contributed by atoms with Gasteiger partial charge < -0.3 is 14.3 Å². The molecule has 4 atom stereocenters. The largest absolute Gasteiger partial charge is 0.490 e. The van der Waals surface area contributed by atoms with Crippen LogP contribution >= 0.6 is 0 Å². The van der Waals surface area contributed by atoms with Crippen molar-refractivity contribution in [2.24, 2.45) is 16.7 Å². The summed E-state index contributed by atoms with van der Waals surface area (Å²) in [6, 6.07) is 20.3. The van der Waals surface area contributed by atoms with E-state index in [2.05, 4.69) is 58.9 Å². The molecule has 47 heavy (non-hydrogen) atoms. The normalized spacial score (nSPS) is 24.7. The van der Waals surface area contributed by atoms with Gasteiger partial charge in [-0.15, -0.1) is 0 Å². The van der Waals surface area contributed by atoms with Gasteiger partial charge in [0.2, 0.25) is 0 Å². The Balaban J connectivity index is 1.63. The molecule has 2 aromatic carbocycles. The summed E-state index contributed by atoms with van der Waals surface area (Å²) in [5.74, 6) is -2.75. The van der Waals surface area contributed by atoms with Crippen LogP contribution in [0.25, 0.3) is 0 Å². The van der Waals surface area contributed by atoms with E-state index >= 15 is 0 Å². The van der Waals surface area contributed by atoms with Crippen LogP contribution in [-0.2, 0) is 18.8 Å². The number of Topliss-reactive ketones (excluding diaryl/α,β-unsaturated/α-hetero) is 1. The van der Waals surface area contributed by atoms with E-state index in [4.69, 9.17) is 9.16 Å². The van der Waals surface area contributed by atoms with Crippen molar-refractivity contribution in [1.82, 2.24) is 0 Å². The first-order valence-electron chi connectivity index (χ1n) is 16.7. The highest BCUT2D eigenvalue weighted by atomic mass is 28.4. The number of ether oxygens (including phenoxy) is 1. The Morgan fingerprint density at radius 2 is 1.45 bits per heavy atom. The molecule has 9 heteroatoms. The molecule has 0 amide bonds. The van der Waals surface area contributed by atoms with E-state index in [0.29, 0.717) is 17.6 Å². The average molecular weight is 673 g/mol. The molecule has 2 aliphatic carbocycles. The molecule has 5 nitrogen and oxygen atoms in total. The third-order valence-corrected chi connectivity index (χ3v) is 15.8. The minimum atomic E-state index is -5.14. The number of aliphatic hydroxyl groups is 1. The second kappa shape index (κ2) is 13.3. The summed E-state index contributed by atoms with van der Waals surface area (Å²) in [4.78, 5) is 26.2. The highest BCUT2D eigenvalue weighted by Gasteiger charge is 2.56. The number of ketones is 1. The third kappa shape index (κ3) is 7.47. The lowest BCUT2D eigenvalue weighted by molar-refractivity contribution is -0.205. The van der Waals surface area contributed by atoms with Gasteiger partial charge in [0.25, 0.3) is 8.32 Å². The van der Waals surface area contributed by atoms with Gasteiger partial charge in [-0.25, -0.2) is 4.79 Å². The van der Waals surface area contributed by atoms with Crippen molar-refractivity contribution < 1.29 is 37.0 Å². The zero-order valence-electron chi connectivity index (χ0n) is 29.1. The number of hydrogen-bond acceptors (Lipinski definition) is 5. The quantitative estimate of drug-likeness (QED) is 0.207. The molecule has 0 heterocycles. The minimum absolute atomic E-state index is 0.174. The van der Waals surface area contributed by atoms with Crippen LogP contribution in [0, 0.1) is 16.7 Å². The molecule has 4 rings (SSSR count). The molecule has 0 spiro atoms. The number of allylic oxidation sites excluding steroid dienone is 1. The highest BCUT2D eigenvalue weighted by Crippen LogP contribution is 2.60. The fourth-order valence-corrected chi connectivity index (χ4v) is 13.1. The monoisotopic (exact) mass is 672 g/mol. The predicted molar refractivity (Wildman–Crippen MR) is 181 cm³/mol. The van der Waals surface area contributed by atoms with Crippen LogP contribution in [0.2, 0.25) is 5.04 Å². The lowest BCUT2D eigenvalue weighted by Crippen LogP contribution is -2.66. The maximum absolute atomic E-state index is 14.3. The Morgan fingerprint density at radius 1 is 0.915 bits per heavy atom. The Morgan fingerprint density at radius 3 is 1.94 bits per heavy atom. The SMILES string of the molecule is CC1=C(C(=O)C[C@@](C)(O)CCO[Si](c2ccccc2)(c2ccccc2)C(C)(C)C)[C@@]2(C)CCCC(C)(C)[C@@H]2C[C@H]1OC(=O)C(F)(F)F. The lowest BCUT2D eigenvalue weighted by Gasteiger charge is -2.56. The number of carbonyl (C=O) groups is 2. The van der Waals surface area contributed by atoms with Gasteiger partial charge in [0.05, 0.1) is 5.60 Å². The molecule has 0 saturated heterocycles. The standard InChI is InChI=1S/C38H51F3O5Si/c1-26-30(46-33(43)38(39,40)41)24-31-35(5,6)20-15-21-37(31,8)32(26)29(42)25-36(7,44)22-23-45-47(34(2,3)4,27-16-11-9-12-17-27)28-18-13-10-14-19-28/h9-14,16-19,30-31,44H,15,20-25H2,1-8H3/t30-,31+,36+,37+/m1/s1. The smallest absolute Gasteiger partial charge is 0.451 e. The number of halogens is 3. The van der Waals surface area contributed by atoms with Crippen LogP contribution < -0.4 is 10.4 Å². The average Bonchev–Trinajstić information content (AvgIpc) is 2.95. The first-order valence-corrected chi connectivity index (χ1v) is 18.6. The minimum Gasteiger partial charge on any atom is -0.451 e. The van der Waals surface area contributed by atoms with Crippen LogP contribution in [-0.4, -0.2) is 49.7 Å². The molecule has 0 unspecified atom stereocenters. The van der Waals surface area contributed by atoms with Crippen molar-refractivity contribution in [3.63, 3.8) is 0 Å². The first-order chi connectivity index (χ1) is 21.7. The molecule has 0 aromatic heterocycles. The van der Waals surface area contributed by atoms with E-state index in [9.17, 15) is 27.9 Å². The number of alkyl halides is 3. The highest BCUT2D eigenvalue weighted by molar-refractivity contribution is 6.99. The Bertz CT molecular complexity index is 1420. The van der Waals surface area contributed by atoms with Crippen molar-refractivity contribution in [1.29, 1.82) is 0 Å². The van der Waals surface area contributed by atoms with Gasteiger partial charge in [-0.2, -0.15) is 13.2 Å². The van der Waals surface area contributed by atoms with Crippen molar-refractivity contribution in [3.8, 4) is 0 Å². The third-order valence-electron chi connectivity index (χ3n) is 10.8. The lowest BCUT2D eigenvalue weighted by atomic mass is 9.49. The maximum atomic E-state index is 14.3. The van der Waals surface area contributed by atoms with Gasteiger partial charge in [0.1, 0.15) is 6.10 Å². The van der Waals surface area contributed by atoms with Crippen molar-refractivity contribution in [2.45, 2.75) is 117 Å². The predicted octanol–water partition coefficient (Wildman–Crippen LogP) is 7.69. The molecular weight excluding hydrogens is 621 g/mol. The summed E-state index contributed by atoms with van der Waals surface area (Å²) in [6.07, 6.45) is -3.73. The summed E-state index contributed by atoms with van der Waals surface area (Å²) in [5, 5.41) is 13.7. The Kier molecular flexibility index (Phi) is 10.5. The molecule has 0 radical (unpaired) electrons. The summed E-state index contributed by atoms with van der Waals surface area (Å²) >= 11 is 0. The molecule has 0 bridgehead atoms. The molecule has 2 aromatic rings. The summed E-state index contributed by atoms with van der Waals surface area (Å²) in [7, 11) is -2.87. The molecule has 2 aliphatic rings. The van der Waals surface area contributed by atoms with Crippen LogP contribution in [0.4, 0.5) is 13.2 Å². The van der Waals surface area contributed by atoms with Crippen molar-refractivity contribution in [3.05, 3.63) is 71.8 Å². The van der Waals surface area contributed by atoms with Crippen molar-refractivity contribution in [2.75, 3.05) is 6.61 Å². The molecule has 0 aliphatic heterocycles. The van der Waals surface area contributed by atoms with Gasteiger partial charge in [-0.1, -0.05) is 109 Å². The van der Waals surface area contributed by atoms with E-state index in [0.717, 1.165) is 23.2 Å². The van der Waals surface area contributed by atoms with Gasteiger partial charge in [-0.3, -0.25) is 4.79 Å². The number of benzene rings is 2. The second-order valence-corrected chi connectivity index (χ2v) is 20.2. The van der Waals surface area contributed by atoms with E-state index in [-0.39, 0.29) is 48.0 Å². The second-order valence-electron chi connectivity index (χ2n) is 15.9. The van der Waals surface area contributed by atoms with Crippen LogP contribution in [0.1, 0.15) is 93.9 Å². The number of rotatable bonds is 10. The number of esters is 1. The molecule has 258 valence electrons. The Hall–Kier alpha value is -2.75. The van der Waals surface area contributed by atoms with Gasteiger partial charge in [0, 0.05) is 18.6 Å². The van der Waals surface area contributed by atoms with Crippen LogP contribution in [0.3, 0.4) is 0 Å². The van der Waals surface area contributed by atoms with E-state index in [1.54, 1.807) is 13.8 Å². The zero-order chi connectivity index (χ0) is 35.1. The molecular formula is C38H51F3O5Si. The number of carbonyl (C=O) groups excluding carboxylic acids is 2. The van der Waals surface area contributed by atoms with Crippen LogP contribution in [0.5, 0.6) is 0 Å². The topological polar surface area (TPSA) is 72.8 Å². The first kappa shape index (κ1) is 37.1. The number of fused-ring (bicyclic) bond motifs is 1. The fourth-order valence-electron chi connectivity index (χ4n) is 8.58. The summed E-state index contributed by atoms with van der Waals surface area (Å²) in [5.41, 5.74) is -1.61. The molecule has 1 saturated carbocycles. The van der Waals surface area contributed by atoms with E-state index in [1.807, 2.05) is 43.3 Å². The summed E-state index contributed by atoms with van der Waals surface area (Å²) < 4.78 is 51.8. The van der Waals surface area contributed by atoms with Crippen LogP contribution in [0.15, 0.2) is 71.8 Å². The van der Waals surface area contributed by atoms with Gasteiger partial charge in [0.15, 0.2) is 5.78 Å². The fraction of sp³-hybridized carbons (Fsp3) is 0.579. The Labute approximate surface area is 279 Å². The van der Waals surface area contributed by atoms with Crippen molar-refractivity contribution >= 4 is 30.4 Å². The number of hydrogen-bond donors (Lipinski definition) is 1. The van der Waals surface area contributed by atoms with Gasteiger partial charge in [-0.05, 0) is 77.3 Å².